The summed E-state index contributed by atoms with van der Waals surface area (Å²) in [5.41, 5.74) is 1.30. The fourth-order valence-electron chi connectivity index (χ4n) is 2.85. The smallest absolute Gasteiger partial charge is 0.161 e. The van der Waals surface area contributed by atoms with Crippen LogP contribution in [0.15, 0.2) is 18.2 Å². The Kier molecular flexibility index (Phi) is 5.30. The van der Waals surface area contributed by atoms with Crippen LogP contribution < -0.4 is 14.8 Å². The highest BCUT2D eigenvalue weighted by atomic mass is 16.5. The lowest BCUT2D eigenvalue weighted by atomic mass is 9.90. The van der Waals surface area contributed by atoms with Gasteiger partial charge in [-0.25, -0.2) is 0 Å². The number of methoxy groups -OCH3 is 2. The molecule has 0 aliphatic heterocycles. The maximum atomic E-state index is 5.43. The highest BCUT2D eigenvalue weighted by Crippen LogP contribution is 2.43. The second-order valence-corrected chi connectivity index (χ2v) is 5.74. The molecule has 1 aromatic rings. The molecule has 0 radical (unpaired) electrons. The third kappa shape index (κ3) is 3.45. The summed E-state index contributed by atoms with van der Waals surface area (Å²) in [6.45, 7) is 5.62. The van der Waals surface area contributed by atoms with Gasteiger partial charge in [0.25, 0.3) is 0 Å². The molecule has 0 saturated heterocycles. The second-order valence-electron chi connectivity index (χ2n) is 5.74. The van der Waals surface area contributed by atoms with Gasteiger partial charge >= 0.3 is 0 Å². The molecule has 1 saturated carbocycles. The van der Waals surface area contributed by atoms with Crippen LogP contribution in [-0.4, -0.2) is 20.8 Å². The fraction of sp³-hybridized carbons (Fsp3) is 0.647. The van der Waals surface area contributed by atoms with Crippen molar-refractivity contribution in [2.75, 3.05) is 20.8 Å². The minimum absolute atomic E-state index is 0.405. The molecule has 1 N–H and O–H groups in total. The summed E-state index contributed by atoms with van der Waals surface area (Å²) in [7, 11) is 3.37. The van der Waals surface area contributed by atoms with E-state index in [0.717, 1.165) is 30.4 Å². The minimum Gasteiger partial charge on any atom is -0.493 e. The van der Waals surface area contributed by atoms with Crippen molar-refractivity contribution in [1.82, 2.24) is 5.32 Å². The molecule has 1 aliphatic rings. The van der Waals surface area contributed by atoms with E-state index in [1.807, 2.05) is 6.07 Å². The molecule has 1 fully saturated rings. The van der Waals surface area contributed by atoms with Gasteiger partial charge in [-0.3, -0.25) is 0 Å². The van der Waals surface area contributed by atoms with Gasteiger partial charge in [0, 0.05) is 6.04 Å². The molecule has 0 spiro atoms. The Labute approximate surface area is 122 Å². The van der Waals surface area contributed by atoms with E-state index in [1.54, 1.807) is 14.2 Å². The third-order valence-electron chi connectivity index (χ3n) is 4.27. The van der Waals surface area contributed by atoms with Crippen molar-refractivity contribution in [3.05, 3.63) is 23.8 Å². The van der Waals surface area contributed by atoms with Crippen LogP contribution in [0.4, 0.5) is 0 Å². The first-order chi connectivity index (χ1) is 9.71. The average Bonchev–Trinajstić information content (AvgIpc) is 3.31. The lowest BCUT2D eigenvalue weighted by Crippen LogP contribution is -2.28. The molecular weight excluding hydrogens is 250 g/mol. The summed E-state index contributed by atoms with van der Waals surface area (Å²) in [4.78, 5) is 0. The highest BCUT2D eigenvalue weighted by Gasteiger charge is 2.34. The Hall–Kier alpha value is -1.22. The van der Waals surface area contributed by atoms with E-state index >= 15 is 0 Å². The van der Waals surface area contributed by atoms with Crippen molar-refractivity contribution in [1.29, 1.82) is 0 Å². The van der Waals surface area contributed by atoms with Gasteiger partial charge in [0.2, 0.25) is 0 Å². The SMILES string of the molecule is CCCNC(c1ccc(OC)c(OC)c1)C(C)C1CC1. The van der Waals surface area contributed by atoms with Gasteiger partial charge in [0.05, 0.1) is 14.2 Å². The van der Waals surface area contributed by atoms with Crippen molar-refractivity contribution >= 4 is 0 Å². The maximum Gasteiger partial charge on any atom is 0.161 e. The number of rotatable bonds is 8. The summed E-state index contributed by atoms with van der Waals surface area (Å²) < 4.78 is 10.8. The van der Waals surface area contributed by atoms with Gasteiger partial charge in [-0.1, -0.05) is 19.9 Å². The van der Waals surface area contributed by atoms with Gasteiger partial charge in [-0.05, 0) is 55.3 Å². The number of nitrogens with one attached hydrogen (secondary N) is 1. The summed E-state index contributed by atoms with van der Waals surface area (Å²) in [5.74, 6) is 3.15. The number of benzene rings is 1. The van der Waals surface area contributed by atoms with E-state index in [4.69, 9.17) is 9.47 Å². The Balaban J connectivity index is 2.22. The Morgan fingerprint density at radius 3 is 2.45 bits per heavy atom. The second kappa shape index (κ2) is 6.98. The highest BCUT2D eigenvalue weighted by molar-refractivity contribution is 5.44. The van der Waals surface area contributed by atoms with E-state index < -0.39 is 0 Å². The predicted molar refractivity (Wildman–Crippen MR) is 82.5 cm³/mol. The zero-order chi connectivity index (χ0) is 14.5. The number of hydrogen-bond acceptors (Lipinski definition) is 3. The molecule has 0 amide bonds. The lowest BCUT2D eigenvalue weighted by Gasteiger charge is -2.26. The van der Waals surface area contributed by atoms with Crippen LogP contribution >= 0.6 is 0 Å². The third-order valence-corrected chi connectivity index (χ3v) is 4.27. The molecule has 1 aromatic carbocycles. The largest absolute Gasteiger partial charge is 0.493 e. The van der Waals surface area contributed by atoms with Gasteiger partial charge in [0.15, 0.2) is 11.5 Å². The van der Waals surface area contributed by atoms with Gasteiger partial charge in [-0.15, -0.1) is 0 Å². The molecule has 2 unspecified atom stereocenters. The topological polar surface area (TPSA) is 30.5 Å². The average molecular weight is 277 g/mol. The first kappa shape index (κ1) is 15.2. The zero-order valence-corrected chi connectivity index (χ0v) is 13.1. The standard InChI is InChI=1S/C17H27NO2/c1-5-10-18-17(12(2)13-6-7-13)14-8-9-15(19-3)16(11-14)20-4/h8-9,11-13,17-18H,5-7,10H2,1-4H3. The predicted octanol–water partition coefficient (Wildman–Crippen LogP) is 3.79. The van der Waals surface area contributed by atoms with E-state index in [2.05, 4.69) is 31.3 Å². The monoisotopic (exact) mass is 277 g/mol. The molecule has 3 nitrogen and oxygen atoms in total. The Morgan fingerprint density at radius 2 is 1.90 bits per heavy atom. The molecule has 112 valence electrons. The lowest BCUT2D eigenvalue weighted by molar-refractivity contribution is 0.339. The first-order valence-corrected chi connectivity index (χ1v) is 7.66. The normalized spacial score (nSPS) is 17.6. The molecule has 2 rings (SSSR count). The van der Waals surface area contributed by atoms with E-state index in [0.29, 0.717) is 12.0 Å². The van der Waals surface area contributed by atoms with Crippen molar-refractivity contribution < 1.29 is 9.47 Å². The van der Waals surface area contributed by atoms with E-state index in [9.17, 15) is 0 Å². The van der Waals surface area contributed by atoms with Crippen LogP contribution in [0.5, 0.6) is 11.5 Å². The maximum absolute atomic E-state index is 5.43. The van der Waals surface area contributed by atoms with Crippen molar-refractivity contribution in [2.45, 2.75) is 39.2 Å². The van der Waals surface area contributed by atoms with E-state index in [1.165, 1.54) is 18.4 Å². The molecule has 1 aliphatic carbocycles. The molecule has 0 aromatic heterocycles. The van der Waals surface area contributed by atoms with Crippen molar-refractivity contribution in [2.24, 2.45) is 11.8 Å². The summed E-state index contributed by atoms with van der Waals surface area (Å²) in [6.07, 6.45) is 3.90. The van der Waals surface area contributed by atoms with Gasteiger partial charge < -0.3 is 14.8 Å². The zero-order valence-electron chi connectivity index (χ0n) is 13.1. The Morgan fingerprint density at radius 1 is 1.20 bits per heavy atom. The molecular formula is C17H27NO2. The Bertz CT molecular complexity index is 429. The van der Waals surface area contributed by atoms with Crippen molar-refractivity contribution in [3.63, 3.8) is 0 Å². The molecule has 2 atom stereocenters. The number of hydrogen-bond donors (Lipinski definition) is 1. The molecule has 0 bridgehead atoms. The molecule has 3 heteroatoms. The van der Waals surface area contributed by atoms with Crippen LogP contribution in [-0.2, 0) is 0 Å². The van der Waals surface area contributed by atoms with Gasteiger partial charge in [0.1, 0.15) is 0 Å². The molecule has 0 heterocycles. The minimum atomic E-state index is 0.405. The van der Waals surface area contributed by atoms with Crippen LogP contribution in [0, 0.1) is 11.8 Å². The number of ether oxygens (including phenoxy) is 2. The van der Waals surface area contributed by atoms with Crippen LogP contribution in [0.1, 0.15) is 44.7 Å². The summed E-state index contributed by atoms with van der Waals surface area (Å²) >= 11 is 0. The molecule has 20 heavy (non-hydrogen) atoms. The summed E-state index contributed by atoms with van der Waals surface area (Å²) in [5, 5.41) is 3.70. The first-order valence-electron chi connectivity index (χ1n) is 7.66. The fourth-order valence-corrected chi connectivity index (χ4v) is 2.85. The van der Waals surface area contributed by atoms with Gasteiger partial charge in [-0.2, -0.15) is 0 Å². The van der Waals surface area contributed by atoms with Crippen LogP contribution in [0.25, 0.3) is 0 Å². The quantitative estimate of drug-likeness (QED) is 0.784. The van der Waals surface area contributed by atoms with E-state index in [-0.39, 0.29) is 0 Å². The van der Waals surface area contributed by atoms with Crippen LogP contribution in [0.3, 0.4) is 0 Å². The van der Waals surface area contributed by atoms with Crippen LogP contribution in [0.2, 0.25) is 0 Å². The van der Waals surface area contributed by atoms with Crippen molar-refractivity contribution in [3.8, 4) is 11.5 Å². The summed E-state index contributed by atoms with van der Waals surface area (Å²) in [6, 6.07) is 6.69.